The third-order valence-electron chi connectivity index (χ3n) is 12.7. The van der Waals surface area contributed by atoms with Gasteiger partial charge in [-0.3, -0.25) is 9.59 Å². The molecular formula is C39H71NO12. The van der Waals surface area contributed by atoms with Gasteiger partial charge in [0.1, 0.15) is 23.8 Å². The van der Waals surface area contributed by atoms with Crippen molar-refractivity contribution in [2.45, 2.75) is 179 Å². The van der Waals surface area contributed by atoms with Gasteiger partial charge >= 0.3 is 0 Å². The van der Waals surface area contributed by atoms with Crippen molar-refractivity contribution in [1.82, 2.24) is 4.90 Å². The van der Waals surface area contributed by atoms with Crippen LogP contribution in [0.3, 0.4) is 0 Å². The summed E-state index contributed by atoms with van der Waals surface area (Å²) in [7, 11) is 2.12. The van der Waals surface area contributed by atoms with E-state index in [0.717, 1.165) is 0 Å². The number of Topliss-reactive ketones (excluding diaryl/α,β-unsaturated/α-hetero) is 2. The number of rotatable bonds is 8. The minimum absolute atomic E-state index is 0.0715. The van der Waals surface area contributed by atoms with Gasteiger partial charge in [0.2, 0.25) is 0 Å². The molecule has 0 unspecified atom stereocenters. The number of hydrogen-bond donors (Lipinski definition) is 4. The summed E-state index contributed by atoms with van der Waals surface area (Å²) in [5, 5.41) is 45.9. The Morgan fingerprint density at radius 3 is 2.10 bits per heavy atom. The lowest BCUT2D eigenvalue weighted by atomic mass is 9.69. The normalized spacial score (nSPS) is 50.3. The highest BCUT2D eigenvalue weighted by molar-refractivity contribution is 5.84. The lowest BCUT2D eigenvalue weighted by Crippen LogP contribution is -2.61. The lowest BCUT2D eigenvalue weighted by molar-refractivity contribution is -0.318. The van der Waals surface area contributed by atoms with Gasteiger partial charge in [-0.1, -0.05) is 41.0 Å². The summed E-state index contributed by atoms with van der Waals surface area (Å²) < 4.78 is 62.4. The Morgan fingerprint density at radius 2 is 1.54 bits per heavy atom. The largest absolute Gasteiger partial charge is 0.389 e. The maximum atomic E-state index is 14.5. The minimum Gasteiger partial charge on any atom is -0.389 e. The molecule has 0 radical (unpaired) electrons. The molecular weight excluding hydrogens is 674 g/mol. The van der Waals surface area contributed by atoms with Gasteiger partial charge in [0.05, 0.1) is 51.4 Å². The van der Waals surface area contributed by atoms with Crippen LogP contribution in [0.2, 0.25) is 0 Å². The standard InChI is InChI=1S/C39H71NO12/c1-15-26-17-28(41)22(4)32(51-29-19-37(8,47-13)34(45)25(7)50-29)24(6)35(52-36-31(43)27(40(11)12)16-21(3)49-36)38(9,48-14)18-20(2)30(42)23(5)33(44)39(26,10)46/h20-27,29,31-36,43-46H,15-19H2,1-14H3/t20-,21-,22+,23+,24+,25+,26+,27+,29+,31+,32-,33-,34+,35-,36+,37-,38-,39-/m1/s1/i14D3. The molecule has 3 aliphatic rings. The van der Waals surface area contributed by atoms with Gasteiger partial charge in [-0.25, -0.2) is 0 Å². The van der Waals surface area contributed by atoms with Crippen LogP contribution < -0.4 is 0 Å². The molecule has 1 saturated carbocycles. The van der Waals surface area contributed by atoms with Crippen LogP contribution in [0.1, 0.15) is 105 Å². The smallest absolute Gasteiger partial charge is 0.185 e. The van der Waals surface area contributed by atoms with E-state index in [9.17, 15) is 30.0 Å². The third-order valence-corrected chi connectivity index (χ3v) is 12.7. The maximum absolute atomic E-state index is 14.5. The quantitative estimate of drug-likeness (QED) is 0.286. The minimum atomic E-state index is -3.00. The van der Waals surface area contributed by atoms with E-state index in [-0.39, 0.29) is 37.2 Å². The maximum Gasteiger partial charge on any atom is 0.185 e. The topological polar surface area (TPSA) is 174 Å². The molecule has 0 spiro atoms. The summed E-state index contributed by atoms with van der Waals surface area (Å²) in [4.78, 5) is 30.4. The Morgan fingerprint density at radius 1 is 0.904 bits per heavy atom. The van der Waals surface area contributed by atoms with Crippen molar-refractivity contribution < 1.29 is 62.5 Å². The molecule has 3 fully saturated rings. The molecule has 0 amide bonds. The first-order valence-electron chi connectivity index (χ1n) is 20.5. The Balaban J connectivity index is 2.31. The van der Waals surface area contributed by atoms with Gasteiger partial charge in [0.15, 0.2) is 12.6 Å². The lowest BCUT2D eigenvalue weighted by Gasteiger charge is -2.50. The van der Waals surface area contributed by atoms with Crippen molar-refractivity contribution in [3.05, 3.63) is 0 Å². The summed E-state index contributed by atoms with van der Waals surface area (Å²) in [5.74, 6) is -5.39. The van der Waals surface area contributed by atoms with Gasteiger partial charge in [-0.15, -0.1) is 0 Å². The van der Waals surface area contributed by atoms with E-state index in [1.807, 2.05) is 25.9 Å². The average molecular weight is 749 g/mol. The fraction of sp³-hybridized carbons (Fsp3) is 0.949. The molecule has 52 heavy (non-hydrogen) atoms. The molecule has 0 bridgehead atoms. The van der Waals surface area contributed by atoms with E-state index < -0.39 is 108 Å². The Kier molecular flexibility index (Phi) is 13.9. The number of carbonyl (C=O) groups excluding carboxylic acids is 2. The first kappa shape index (κ1) is 40.6. The number of ketones is 2. The Labute approximate surface area is 316 Å². The van der Waals surface area contributed by atoms with Crippen LogP contribution in [0.25, 0.3) is 0 Å². The highest BCUT2D eigenvalue weighted by atomic mass is 16.7. The fourth-order valence-electron chi connectivity index (χ4n) is 8.91. The summed E-state index contributed by atoms with van der Waals surface area (Å²) >= 11 is 0. The van der Waals surface area contributed by atoms with Gasteiger partial charge in [0, 0.05) is 56.7 Å². The predicted molar refractivity (Wildman–Crippen MR) is 194 cm³/mol. The Hall–Kier alpha value is -1.10. The van der Waals surface area contributed by atoms with Crippen LogP contribution in [0.15, 0.2) is 0 Å². The molecule has 0 aromatic rings. The van der Waals surface area contributed by atoms with E-state index in [1.165, 1.54) is 27.9 Å². The fourth-order valence-corrected chi connectivity index (χ4v) is 8.91. The van der Waals surface area contributed by atoms with E-state index in [1.54, 1.807) is 41.5 Å². The molecule has 304 valence electrons. The van der Waals surface area contributed by atoms with Crippen LogP contribution in [0.5, 0.6) is 0 Å². The van der Waals surface area contributed by atoms with Crippen LogP contribution in [0.4, 0.5) is 0 Å². The highest BCUT2D eigenvalue weighted by Crippen LogP contribution is 2.42. The number of hydrogen-bond acceptors (Lipinski definition) is 13. The van der Waals surface area contributed by atoms with Crippen LogP contribution in [-0.2, 0) is 38.0 Å². The van der Waals surface area contributed by atoms with E-state index in [2.05, 4.69) is 0 Å². The van der Waals surface area contributed by atoms with Crippen LogP contribution >= 0.6 is 0 Å². The molecule has 13 heteroatoms. The zero-order chi connectivity index (χ0) is 42.2. The zero-order valence-corrected chi connectivity index (χ0v) is 33.7. The second-order valence-electron chi connectivity index (χ2n) is 17.0. The second kappa shape index (κ2) is 17.8. The van der Waals surface area contributed by atoms with E-state index in [4.69, 9.17) is 32.5 Å². The molecule has 4 N–H and O–H groups in total. The van der Waals surface area contributed by atoms with Crippen molar-refractivity contribution in [2.24, 2.45) is 29.6 Å². The van der Waals surface area contributed by atoms with Crippen molar-refractivity contribution in [3.8, 4) is 0 Å². The van der Waals surface area contributed by atoms with Gasteiger partial charge in [0.25, 0.3) is 0 Å². The number of carbonyl (C=O) groups is 2. The molecule has 18 atom stereocenters. The molecule has 1 aliphatic carbocycles. The first-order valence-corrected chi connectivity index (χ1v) is 19.0. The number of methoxy groups -OCH3 is 2. The molecule has 2 aliphatic heterocycles. The number of likely N-dealkylation sites (N-methyl/N-ethyl adjacent to an activating group) is 1. The zero-order valence-electron chi connectivity index (χ0n) is 36.7. The van der Waals surface area contributed by atoms with Crippen molar-refractivity contribution in [3.63, 3.8) is 0 Å². The molecule has 0 aromatic heterocycles. The second-order valence-corrected chi connectivity index (χ2v) is 17.0. The summed E-state index contributed by atoms with van der Waals surface area (Å²) in [6, 6.07) is -0.387. The first-order chi connectivity index (χ1) is 25.1. The van der Waals surface area contributed by atoms with Crippen LogP contribution in [0, 0.1) is 29.6 Å². The summed E-state index contributed by atoms with van der Waals surface area (Å²) in [6.07, 6.45) is -9.06. The SMILES string of the molecule is [2H]C([2H])([2H])O[C@]1(C)C[C@@H](C)C(=O)[C@H](C)[C@@H](O)[C@](C)(O)[C@@H](CC)CC(=O)[C@H](C)[C@@H](O[C@H]2C[C@@](C)(OC)[C@@H](O)[C@H](C)O2)[C@H](C)[C@H]1O[C@@H]1O[C@H](C)C[C@H](N(C)C)[C@@H]1O. The molecule has 13 nitrogen and oxygen atoms in total. The monoisotopic (exact) mass is 749 g/mol. The Bertz CT molecular complexity index is 1290. The summed E-state index contributed by atoms with van der Waals surface area (Å²) in [5.41, 5.74) is -4.76. The number of ether oxygens (including phenoxy) is 6. The van der Waals surface area contributed by atoms with Crippen molar-refractivity contribution >= 4 is 11.6 Å². The molecule has 3 rings (SSSR count). The van der Waals surface area contributed by atoms with Gasteiger partial charge < -0.3 is 53.7 Å². The molecule has 0 aromatic carbocycles. The van der Waals surface area contributed by atoms with E-state index >= 15 is 0 Å². The number of nitrogens with zero attached hydrogens (tertiary/aromatic N) is 1. The highest BCUT2D eigenvalue weighted by Gasteiger charge is 2.53. The van der Waals surface area contributed by atoms with Crippen LogP contribution in [-0.4, -0.2) is 143 Å². The van der Waals surface area contributed by atoms with Crippen molar-refractivity contribution in [1.29, 1.82) is 0 Å². The number of aliphatic hydroxyl groups is 4. The average Bonchev–Trinajstić information content (AvgIpc) is 3.08. The third kappa shape index (κ3) is 9.46. The number of aliphatic hydroxyl groups excluding tert-OH is 3. The van der Waals surface area contributed by atoms with Crippen molar-refractivity contribution in [2.75, 3.05) is 28.2 Å². The van der Waals surface area contributed by atoms with Gasteiger partial charge in [-0.2, -0.15) is 0 Å². The molecule has 2 heterocycles. The van der Waals surface area contributed by atoms with Gasteiger partial charge in [-0.05, 0) is 67.5 Å². The summed E-state index contributed by atoms with van der Waals surface area (Å²) in [6.45, 7) is 16.5. The van der Waals surface area contributed by atoms with E-state index in [0.29, 0.717) is 12.8 Å². The predicted octanol–water partition coefficient (Wildman–Crippen LogP) is 3.10. The molecule has 2 saturated heterocycles.